The molecule has 4 heteroatoms. The summed E-state index contributed by atoms with van der Waals surface area (Å²) in [7, 11) is 1.87. The van der Waals surface area contributed by atoms with Crippen LogP contribution >= 0.6 is 0 Å². The van der Waals surface area contributed by atoms with Crippen molar-refractivity contribution in [3.8, 4) is 11.3 Å². The lowest BCUT2D eigenvalue weighted by molar-refractivity contribution is 1.27. The molecule has 0 saturated carbocycles. The molecule has 3 N–H and O–H groups in total. The third-order valence-electron chi connectivity index (χ3n) is 3.33. The van der Waals surface area contributed by atoms with Crippen molar-refractivity contribution in [1.29, 1.82) is 0 Å². The second kappa shape index (κ2) is 4.81. The van der Waals surface area contributed by atoms with Gasteiger partial charge < -0.3 is 11.1 Å². The Labute approximate surface area is 117 Å². The molecule has 2 aromatic heterocycles. The van der Waals surface area contributed by atoms with Crippen LogP contribution in [0, 0.1) is 6.92 Å². The van der Waals surface area contributed by atoms with E-state index in [1.807, 2.05) is 43.4 Å². The number of fused-ring (bicyclic) bond motifs is 1. The highest BCUT2D eigenvalue weighted by Crippen LogP contribution is 2.29. The van der Waals surface area contributed by atoms with Crippen LogP contribution in [0.4, 0.5) is 11.5 Å². The zero-order chi connectivity index (χ0) is 14.1. The number of aryl methyl sites for hydroxylation is 1. The Balaban J connectivity index is 2.30. The van der Waals surface area contributed by atoms with Crippen molar-refractivity contribution < 1.29 is 0 Å². The van der Waals surface area contributed by atoms with Crippen LogP contribution in [0.25, 0.3) is 22.3 Å². The SMILES string of the molecule is CNc1cc(N)nc2nc(-c3ccccc3)cc(C)c12. The predicted molar refractivity (Wildman–Crippen MR) is 83.7 cm³/mol. The van der Waals surface area contributed by atoms with Crippen LogP contribution in [0.1, 0.15) is 5.56 Å². The van der Waals surface area contributed by atoms with Gasteiger partial charge in [-0.05, 0) is 18.6 Å². The first-order valence-electron chi connectivity index (χ1n) is 6.50. The molecule has 2 heterocycles. The molecule has 0 fully saturated rings. The number of nitrogen functional groups attached to an aromatic ring is 1. The van der Waals surface area contributed by atoms with E-state index in [1.54, 1.807) is 0 Å². The molecular formula is C16H16N4. The first-order chi connectivity index (χ1) is 9.69. The van der Waals surface area contributed by atoms with Crippen molar-refractivity contribution in [2.75, 3.05) is 18.1 Å². The highest BCUT2D eigenvalue weighted by atomic mass is 14.9. The zero-order valence-corrected chi connectivity index (χ0v) is 11.5. The van der Waals surface area contributed by atoms with Crippen molar-refractivity contribution in [1.82, 2.24) is 9.97 Å². The number of hydrogen-bond acceptors (Lipinski definition) is 4. The molecule has 100 valence electrons. The summed E-state index contributed by atoms with van der Waals surface area (Å²) in [6.07, 6.45) is 0. The maximum Gasteiger partial charge on any atom is 0.164 e. The Morgan fingerprint density at radius 2 is 1.80 bits per heavy atom. The molecule has 0 aliphatic carbocycles. The molecule has 1 aromatic carbocycles. The van der Waals surface area contributed by atoms with E-state index in [-0.39, 0.29) is 0 Å². The summed E-state index contributed by atoms with van der Waals surface area (Å²) < 4.78 is 0. The van der Waals surface area contributed by atoms with Gasteiger partial charge in [0.2, 0.25) is 0 Å². The standard InChI is InChI=1S/C16H16N4/c1-10-8-12(11-6-4-3-5-7-11)19-16-15(10)13(18-2)9-14(17)20-16/h3-9H,1-2H3,(H3,17,18,19,20). The first-order valence-corrected chi connectivity index (χ1v) is 6.50. The third kappa shape index (κ3) is 2.05. The molecule has 0 aliphatic rings. The maximum absolute atomic E-state index is 5.85. The smallest absolute Gasteiger partial charge is 0.164 e. The molecule has 0 amide bonds. The van der Waals surface area contributed by atoms with E-state index in [9.17, 15) is 0 Å². The van der Waals surface area contributed by atoms with Crippen LogP contribution in [0.5, 0.6) is 0 Å². The van der Waals surface area contributed by atoms with Gasteiger partial charge in [0.25, 0.3) is 0 Å². The number of benzene rings is 1. The predicted octanol–water partition coefficient (Wildman–Crippen LogP) is 3.23. The number of rotatable bonds is 2. The molecule has 0 saturated heterocycles. The van der Waals surface area contributed by atoms with E-state index < -0.39 is 0 Å². The van der Waals surface area contributed by atoms with E-state index in [4.69, 9.17) is 5.73 Å². The molecule has 0 spiro atoms. The van der Waals surface area contributed by atoms with Gasteiger partial charge in [-0.3, -0.25) is 0 Å². The highest BCUT2D eigenvalue weighted by molar-refractivity contribution is 5.94. The second-order valence-electron chi connectivity index (χ2n) is 4.73. The molecule has 20 heavy (non-hydrogen) atoms. The Morgan fingerprint density at radius 1 is 1.05 bits per heavy atom. The summed E-state index contributed by atoms with van der Waals surface area (Å²) in [5.74, 6) is 0.471. The van der Waals surface area contributed by atoms with Gasteiger partial charge >= 0.3 is 0 Å². The fraction of sp³-hybridized carbons (Fsp3) is 0.125. The van der Waals surface area contributed by atoms with E-state index in [2.05, 4.69) is 28.3 Å². The number of hydrogen-bond donors (Lipinski definition) is 2. The number of pyridine rings is 2. The monoisotopic (exact) mass is 264 g/mol. The van der Waals surface area contributed by atoms with Crippen molar-refractivity contribution in [2.45, 2.75) is 6.92 Å². The fourth-order valence-electron chi connectivity index (χ4n) is 2.40. The van der Waals surface area contributed by atoms with Gasteiger partial charge in [0.1, 0.15) is 5.82 Å². The largest absolute Gasteiger partial charge is 0.387 e. The molecule has 3 aromatic rings. The molecule has 0 bridgehead atoms. The summed E-state index contributed by atoms with van der Waals surface area (Å²) in [4.78, 5) is 9.00. The van der Waals surface area contributed by atoms with Crippen molar-refractivity contribution >= 4 is 22.5 Å². The van der Waals surface area contributed by atoms with Crippen LogP contribution in [-0.2, 0) is 0 Å². The number of nitrogens with one attached hydrogen (secondary N) is 1. The molecule has 4 nitrogen and oxygen atoms in total. The molecular weight excluding hydrogens is 248 g/mol. The average molecular weight is 264 g/mol. The summed E-state index contributed by atoms with van der Waals surface area (Å²) in [5, 5.41) is 4.17. The van der Waals surface area contributed by atoms with Gasteiger partial charge in [0, 0.05) is 29.8 Å². The van der Waals surface area contributed by atoms with Gasteiger partial charge in [0.15, 0.2) is 5.65 Å². The fourth-order valence-corrected chi connectivity index (χ4v) is 2.40. The summed E-state index contributed by atoms with van der Waals surface area (Å²) in [5.41, 5.74) is 10.6. The van der Waals surface area contributed by atoms with Crippen LogP contribution in [-0.4, -0.2) is 17.0 Å². The Bertz CT molecular complexity index is 766. The summed E-state index contributed by atoms with van der Waals surface area (Å²) in [6, 6.07) is 14.0. The van der Waals surface area contributed by atoms with E-state index in [0.717, 1.165) is 27.9 Å². The van der Waals surface area contributed by atoms with Crippen LogP contribution in [0.15, 0.2) is 42.5 Å². The van der Waals surface area contributed by atoms with Crippen molar-refractivity contribution in [2.24, 2.45) is 0 Å². The molecule has 3 rings (SSSR count). The van der Waals surface area contributed by atoms with E-state index >= 15 is 0 Å². The van der Waals surface area contributed by atoms with Crippen molar-refractivity contribution in [3.05, 3.63) is 48.0 Å². The Kier molecular flexibility index (Phi) is 2.99. The average Bonchev–Trinajstić information content (AvgIpc) is 2.46. The quantitative estimate of drug-likeness (QED) is 0.746. The molecule has 0 atom stereocenters. The summed E-state index contributed by atoms with van der Waals surface area (Å²) in [6.45, 7) is 2.06. The number of aromatic nitrogens is 2. The van der Waals surface area contributed by atoms with Gasteiger partial charge in [0.05, 0.1) is 5.69 Å². The molecule has 0 aliphatic heterocycles. The second-order valence-corrected chi connectivity index (χ2v) is 4.73. The number of nitrogens with two attached hydrogens (primary N) is 1. The summed E-state index contributed by atoms with van der Waals surface area (Å²) >= 11 is 0. The lowest BCUT2D eigenvalue weighted by Crippen LogP contribution is -2.00. The minimum absolute atomic E-state index is 0.471. The first kappa shape index (κ1) is 12.4. The minimum Gasteiger partial charge on any atom is -0.387 e. The highest BCUT2D eigenvalue weighted by Gasteiger charge is 2.10. The Hall–Kier alpha value is -2.62. The lowest BCUT2D eigenvalue weighted by atomic mass is 10.1. The van der Waals surface area contributed by atoms with Crippen LogP contribution in [0.3, 0.4) is 0 Å². The Morgan fingerprint density at radius 3 is 2.50 bits per heavy atom. The molecule has 0 unspecified atom stereocenters. The van der Waals surface area contributed by atoms with Gasteiger partial charge in [-0.25, -0.2) is 9.97 Å². The van der Waals surface area contributed by atoms with Gasteiger partial charge in [-0.1, -0.05) is 30.3 Å². The number of anilines is 2. The molecule has 0 radical (unpaired) electrons. The lowest BCUT2D eigenvalue weighted by Gasteiger charge is -2.11. The normalized spacial score (nSPS) is 10.7. The zero-order valence-electron chi connectivity index (χ0n) is 11.5. The van der Waals surface area contributed by atoms with Crippen molar-refractivity contribution in [3.63, 3.8) is 0 Å². The van der Waals surface area contributed by atoms with Gasteiger partial charge in [-0.2, -0.15) is 0 Å². The van der Waals surface area contributed by atoms with Crippen LogP contribution in [0.2, 0.25) is 0 Å². The number of nitrogens with zero attached hydrogens (tertiary/aromatic N) is 2. The van der Waals surface area contributed by atoms with E-state index in [0.29, 0.717) is 11.5 Å². The maximum atomic E-state index is 5.85. The van der Waals surface area contributed by atoms with Crippen LogP contribution < -0.4 is 11.1 Å². The van der Waals surface area contributed by atoms with E-state index in [1.165, 1.54) is 0 Å². The minimum atomic E-state index is 0.471. The topological polar surface area (TPSA) is 63.8 Å². The third-order valence-corrected chi connectivity index (χ3v) is 3.33. The van der Waals surface area contributed by atoms with Gasteiger partial charge in [-0.15, -0.1) is 0 Å².